The van der Waals surface area contributed by atoms with Gasteiger partial charge in [-0.15, -0.1) is 11.3 Å². The first kappa shape index (κ1) is 13.8. The third-order valence-electron chi connectivity index (χ3n) is 3.48. The van der Waals surface area contributed by atoms with Gasteiger partial charge in [-0.1, -0.05) is 11.6 Å². The van der Waals surface area contributed by atoms with Gasteiger partial charge in [0.15, 0.2) is 0 Å². The third kappa shape index (κ3) is 3.05. The molecule has 1 N–H and O–H groups in total. The maximum Gasteiger partial charge on any atom is 0.229 e. The van der Waals surface area contributed by atoms with Gasteiger partial charge in [-0.3, -0.25) is 4.79 Å². The van der Waals surface area contributed by atoms with Crippen molar-refractivity contribution in [2.45, 2.75) is 26.3 Å². The van der Waals surface area contributed by atoms with Crippen molar-refractivity contribution in [3.63, 3.8) is 0 Å². The lowest BCUT2D eigenvalue weighted by Crippen LogP contribution is -2.48. The lowest BCUT2D eigenvalue weighted by atomic mass is 9.81. The Kier molecular flexibility index (Phi) is 4.30. The minimum Gasteiger partial charge on any atom is -0.340 e. The number of thiophene rings is 1. The van der Waals surface area contributed by atoms with Gasteiger partial charge in [-0.2, -0.15) is 0 Å². The summed E-state index contributed by atoms with van der Waals surface area (Å²) in [5.41, 5.74) is -0.256. The van der Waals surface area contributed by atoms with Crippen molar-refractivity contribution in [3.05, 3.63) is 21.3 Å². The molecule has 1 aromatic heterocycles. The van der Waals surface area contributed by atoms with Crippen molar-refractivity contribution in [2.75, 3.05) is 20.1 Å². The van der Waals surface area contributed by atoms with Gasteiger partial charge >= 0.3 is 0 Å². The fourth-order valence-corrected chi connectivity index (χ4v) is 3.58. The molecule has 3 nitrogen and oxygen atoms in total. The Bertz CT molecular complexity index is 426. The molecular formula is C13H19ClN2OS. The van der Waals surface area contributed by atoms with Crippen LogP contribution in [0.1, 0.15) is 24.6 Å². The van der Waals surface area contributed by atoms with Crippen LogP contribution in [0.2, 0.25) is 4.34 Å². The third-order valence-corrected chi connectivity index (χ3v) is 4.70. The molecule has 0 aromatic carbocycles. The minimum absolute atomic E-state index is 0.222. The normalized spacial score (nSPS) is 23.9. The second kappa shape index (κ2) is 5.59. The molecule has 1 amide bonds. The average molecular weight is 287 g/mol. The number of carbonyl (C=O) groups is 1. The molecule has 1 fully saturated rings. The van der Waals surface area contributed by atoms with E-state index in [0.29, 0.717) is 6.54 Å². The van der Waals surface area contributed by atoms with Gasteiger partial charge < -0.3 is 10.2 Å². The van der Waals surface area contributed by atoms with Crippen LogP contribution in [-0.2, 0) is 11.3 Å². The molecule has 0 spiro atoms. The summed E-state index contributed by atoms with van der Waals surface area (Å²) in [5.74, 6) is 0.222. The molecule has 1 atom stereocenters. The van der Waals surface area contributed by atoms with Crippen LogP contribution in [0.4, 0.5) is 0 Å². The molecule has 18 heavy (non-hydrogen) atoms. The van der Waals surface area contributed by atoms with E-state index in [2.05, 4.69) is 12.2 Å². The molecule has 2 heterocycles. The Labute approximate surface area is 117 Å². The molecule has 1 aliphatic rings. The SMILES string of the molecule is CN(Cc1ccc(Cl)s1)C(=O)C1(C)CCCNC1. The van der Waals surface area contributed by atoms with Crippen LogP contribution in [-0.4, -0.2) is 30.9 Å². The molecule has 2 rings (SSSR count). The second-order valence-electron chi connectivity index (χ2n) is 5.21. The van der Waals surface area contributed by atoms with Crippen molar-refractivity contribution in [1.82, 2.24) is 10.2 Å². The number of nitrogens with one attached hydrogen (secondary N) is 1. The van der Waals surface area contributed by atoms with E-state index in [1.165, 1.54) is 11.3 Å². The van der Waals surface area contributed by atoms with Crippen molar-refractivity contribution in [3.8, 4) is 0 Å². The van der Waals surface area contributed by atoms with Crippen molar-refractivity contribution >= 4 is 28.8 Å². The molecule has 0 radical (unpaired) electrons. The fourth-order valence-electron chi connectivity index (χ4n) is 2.44. The molecule has 5 heteroatoms. The zero-order valence-corrected chi connectivity index (χ0v) is 12.4. The first-order valence-electron chi connectivity index (χ1n) is 6.22. The predicted octanol–water partition coefficient (Wildman–Crippen LogP) is 2.75. The highest BCUT2D eigenvalue weighted by atomic mass is 35.5. The van der Waals surface area contributed by atoms with E-state index in [-0.39, 0.29) is 11.3 Å². The Morgan fingerprint density at radius 2 is 2.39 bits per heavy atom. The molecule has 100 valence electrons. The van der Waals surface area contributed by atoms with Crippen molar-refractivity contribution < 1.29 is 4.79 Å². The van der Waals surface area contributed by atoms with E-state index in [0.717, 1.165) is 35.1 Å². The minimum atomic E-state index is -0.256. The highest BCUT2D eigenvalue weighted by molar-refractivity contribution is 7.16. The summed E-state index contributed by atoms with van der Waals surface area (Å²) in [6.07, 6.45) is 2.04. The first-order chi connectivity index (χ1) is 8.51. The highest BCUT2D eigenvalue weighted by Gasteiger charge is 2.36. The predicted molar refractivity (Wildman–Crippen MR) is 76.0 cm³/mol. The second-order valence-corrected chi connectivity index (χ2v) is 7.01. The number of carbonyl (C=O) groups excluding carboxylic acids is 1. The van der Waals surface area contributed by atoms with E-state index < -0.39 is 0 Å². The monoisotopic (exact) mass is 286 g/mol. The number of hydrogen-bond donors (Lipinski definition) is 1. The molecule has 1 unspecified atom stereocenters. The number of hydrogen-bond acceptors (Lipinski definition) is 3. The number of halogens is 1. The summed E-state index contributed by atoms with van der Waals surface area (Å²) in [6.45, 7) is 4.50. The molecular weight excluding hydrogens is 268 g/mol. The highest BCUT2D eigenvalue weighted by Crippen LogP contribution is 2.29. The summed E-state index contributed by atoms with van der Waals surface area (Å²) in [5, 5.41) is 3.31. The van der Waals surface area contributed by atoms with Crippen molar-refractivity contribution in [2.24, 2.45) is 5.41 Å². The van der Waals surface area contributed by atoms with Crippen LogP contribution >= 0.6 is 22.9 Å². The Morgan fingerprint density at radius 1 is 1.61 bits per heavy atom. The molecule has 0 bridgehead atoms. The van der Waals surface area contributed by atoms with E-state index in [1.807, 2.05) is 24.1 Å². The van der Waals surface area contributed by atoms with Crippen LogP contribution in [0.3, 0.4) is 0 Å². The summed E-state index contributed by atoms with van der Waals surface area (Å²) in [7, 11) is 1.87. The first-order valence-corrected chi connectivity index (χ1v) is 7.41. The number of amides is 1. The molecule has 0 aliphatic carbocycles. The quantitative estimate of drug-likeness (QED) is 0.927. The zero-order valence-electron chi connectivity index (χ0n) is 10.8. The molecule has 1 aromatic rings. The van der Waals surface area contributed by atoms with E-state index in [9.17, 15) is 4.79 Å². The van der Waals surface area contributed by atoms with Crippen LogP contribution < -0.4 is 5.32 Å². The maximum absolute atomic E-state index is 12.5. The van der Waals surface area contributed by atoms with Gasteiger partial charge in [0.05, 0.1) is 16.3 Å². The van der Waals surface area contributed by atoms with Gasteiger partial charge in [0, 0.05) is 18.5 Å². The fraction of sp³-hybridized carbons (Fsp3) is 0.615. The van der Waals surface area contributed by atoms with Gasteiger partial charge in [0.2, 0.25) is 5.91 Å². The van der Waals surface area contributed by atoms with Gasteiger partial charge in [0.25, 0.3) is 0 Å². The number of piperidine rings is 1. The summed E-state index contributed by atoms with van der Waals surface area (Å²) < 4.78 is 0.774. The molecule has 1 saturated heterocycles. The van der Waals surface area contributed by atoms with E-state index >= 15 is 0 Å². The number of rotatable bonds is 3. The standard InChI is InChI=1S/C13H19ClN2OS/c1-13(6-3-7-15-9-13)12(17)16(2)8-10-4-5-11(14)18-10/h4-5,15H,3,6-9H2,1-2H3. The van der Waals surface area contributed by atoms with Gasteiger partial charge in [-0.25, -0.2) is 0 Å². The average Bonchev–Trinajstić information content (AvgIpc) is 2.74. The maximum atomic E-state index is 12.5. The Balaban J connectivity index is 1.99. The van der Waals surface area contributed by atoms with Gasteiger partial charge in [0.1, 0.15) is 0 Å². The largest absolute Gasteiger partial charge is 0.340 e. The number of nitrogens with zero attached hydrogens (tertiary/aromatic N) is 1. The van der Waals surface area contributed by atoms with Crippen molar-refractivity contribution in [1.29, 1.82) is 0 Å². The lowest BCUT2D eigenvalue weighted by Gasteiger charge is -2.35. The lowest BCUT2D eigenvalue weighted by molar-refractivity contribution is -0.141. The van der Waals surface area contributed by atoms with Crippen LogP contribution in [0.25, 0.3) is 0 Å². The summed E-state index contributed by atoms with van der Waals surface area (Å²) in [4.78, 5) is 15.4. The summed E-state index contributed by atoms with van der Waals surface area (Å²) in [6, 6.07) is 3.86. The van der Waals surface area contributed by atoms with Crippen LogP contribution in [0.15, 0.2) is 12.1 Å². The molecule has 0 saturated carbocycles. The van der Waals surface area contributed by atoms with E-state index in [4.69, 9.17) is 11.6 Å². The summed E-state index contributed by atoms with van der Waals surface area (Å²) >= 11 is 7.44. The van der Waals surface area contributed by atoms with Crippen LogP contribution in [0, 0.1) is 5.41 Å². The van der Waals surface area contributed by atoms with Crippen LogP contribution in [0.5, 0.6) is 0 Å². The Morgan fingerprint density at radius 3 is 2.94 bits per heavy atom. The Hall–Kier alpha value is -0.580. The smallest absolute Gasteiger partial charge is 0.229 e. The van der Waals surface area contributed by atoms with Gasteiger partial charge in [-0.05, 0) is 38.4 Å². The zero-order chi connectivity index (χ0) is 13.2. The molecule has 1 aliphatic heterocycles. The topological polar surface area (TPSA) is 32.3 Å². The van der Waals surface area contributed by atoms with E-state index in [1.54, 1.807) is 0 Å².